The number of nitrogens with two attached hydrogens (primary N) is 1. The molecule has 0 spiro atoms. The lowest BCUT2D eigenvalue weighted by molar-refractivity contribution is -0.123. The van der Waals surface area contributed by atoms with Crippen molar-refractivity contribution in [1.29, 1.82) is 0 Å². The normalized spacial score (nSPS) is 11.5. The Bertz CT molecular complexity index is 407. The number of benzene rings is 1. The van der Waals surface area contributed by atoms with Crippen molar-refractivity contribution in [1.82, 2.24) is 5.32 Å². The van der Waals surface area contributed by atoms with Crippen LogP contribution in [0.15, 0.2) is 22.7 Å². The van der Waals surface area contributed by atoms with Crippen molar-refractivity contribution in [3.8, 4) is 0 Å². The van der Waals surface area contributed by atoms with Crippen molar-refractivity contribution in [3.05, 3.63) is 33.3 Å². The summed E-state index contributed by atoms with van der Waals surface area (Å²) < 4.78 is 0.838. The molecule has 0 heterocycles. The lowest BCUT2D eigenvalue weighted by Gasteiger charge is -2.22. The monoisotopic (exact) mass is 304 g/mol. The molecule has 0 bridgehead atoms. The Morgan fingerprint density at radius 2 is 2.19 bits per heavy atom. The first-order valence-corrected chi connectivity index (χ1v) is 5.99. The molecule has 0 saturated heterocycles. The van der Waals surface area contributed by atoms with Crippen LogP contribution in [0.3, 0.4) is 0 Å². The van der Waals surface area contributed by atoms with Gasteiger partial charge in [-0.05, 0) is 47.5 Å². The zero-order chi connectivity index (χ0) is 12.3. The van der Waals surface area contributed by atoms with Gasteiger partial charge in [0.05, 0.1) is 10.6 Å². The number of nitrogens with one attached hydrogen (secondary N) is 1. The van der Waals surface area contributed by atoms with E-state index in [2.05, 4.69) is 21.2 Å². The Labute approximate surface area is 108 Å². The van der Waals surface area contributed by atoms with E-state index < -0.39 is 5.54 Å². The lowest BCUT2D eigenvalue weighted by Crippen LogP contribution is -2.50. The first-order valence-electron chi connectivity index (χ1n) is 4.82. The van der Waals surface area contributed by atoms with Gasteiger partial charge in [-0.3, -0.25) is 10.1 Å². The molecule has 3 N–H and O–H groups in total. The molecule has 0 fully saturated rings. The average molecular weight is 306 g/mol. The lowest BCUT2D eigenvalue weighted by atomic mass is 10.0. The molecule has 1 rings (SSSR count). The SMILES string of the molecule is CC(C)(NCc1ccc(Cl)c(Br)c1)C(N)=O. The highest BCUT2D eigenvalue weighted by molar-refractivity contribution is 9.10. The predicted octanol–water partition coefficient (Wildman–Crippen LogP) is 2.46. The number of hydrogen-bond donors (Lipinski definition) is 2. The molecule has 0 aliphatic rings. The van der Waals surface area contributed by atoms with Crippen LogP contribution >= 0.6 is 27.5 Å². The van der Waals surface area contributed by atoms with Crippen LogP contribution in [-0.2, 0) is 11.3 Å². The Hall–Kier alpha value is -0.580. The molecule has 0 radical (unpaired) electrons. The van der Waals surface area contributed by atoms with Crippen LogP contribution in [0.25, 0.3) is 0 Å². The summed E-state index contributed by atoms with van der Waals surface area (Å²) in [6, 6.07) is 5.61. The zero-order valence-corrected chi connectivity index (χ0v) is 11.5. The highest BCUT2D eigenvalue weighted by Gasteiger charge is 2.23. The minimum absolute atomic E-state index is 0.375. The fourth-order valence-electron chi connectivity index (χ4n) is 1.06. The van der Waals surface area contributed by atoms with E-state index >= 15 is 0 Å². The second kappa shape index (κ2) is 5.17. The van der Waals surface area contributed by atoms with E-state index in [9.17, 15) is 4.79 Å². The summed E-state index contributed by atoms with van der Waals surface area (Å²) in [5, 5.41) is 3.75. The van der Waals surface area contributed by atoms with Crippen LogP contribution in [0.2, 0.25) is 5.02 Å². The molecule has 3 nitrogen and oxygen atoms in total. The van der Waals surface area contributed by atoms with Crippen LogP contribution in [-0.4, -0.2) is 11.4 Å². The van der Waals surface area contributed by atoms with Crippen LogP contribution < -0.4 is 11.1 Å². The van der Waals surface area contributed by atoms with Crippen LogP contribution in [0.4, 0.5) is 0 Å². The van der Waals surface area contributed by atoms with E-state index in [-0.39, 0.29) is 5.91 Å². The third kappa shape index (κ3) is 3.47. The van der Waals surface area contributed by atoms with E-state index in [1.165, 1.54) is 0 Å². The first-order chi connectivity index (χ1) is 7.33. The van der Waals surface area contributed by atoms with Gasteiger partial charge >= 0.3 is 0 Å². The third-order valence-electron chi connectivity index (χ3n) is 2.33. The van der Waals surface area contributed by atoms with E-state index in [0.29, 0.717) is 11.6 Å². The molecular formula is C11H14BrClN2O. The average Bonchev–Trinajstić information content (AvgIpc) is 2.20. The van der Waals surface area contributed by atoms with E-state index in [0.717, 1.165) is 10.0 Å². The Morgan fingerprint density at radius 1 is 1.56 bits per heavy atom. The van der Waals surface area contributed by atoms with Gasteiger partial charge in [0, 0.05) is 11.0 Å². The molecule has 0 aliphatic heterocycles. The molecule has 16 heavy (non-hydrogen) atoms. The number of carbonyl (C=O) groups excluding carboxylic acids is 1. The Balaban J connectivity index is 2.68. The fourth-order valence-corrected chi connectivity index (χ4v) is 1.60. The van der Waals surface area contributed by atoms with Crippen molar-refractivity contribution >= 4 is 33.4 Å². The minimum Gasteiger partial charge on any atom is -0.368 e. The van der Waals surface area contributed by atoms with Gasteiger partial charge in [0.2, 0.25) is 5.91 Å². The quantitative estimate of drug-likeness (QED) is 0.898. The Kier molecular flexibility index (Phi) is 4.35. The summed E-state index contributed by atoms with van der Waals surface area (Å²) in [7, 11) is 0. The van der Waals surface area contributed by atoms with Gasteiger partial charge in [0.25, 0.3) is 0 Å². The maximum absolute atomic E-state index is 11.1. The number of amides is 1. The van der Waals surface area contributed by atoms with Gasteiger partial charge < -0.3 is 5.73 Å². The molecule has 88 valence electrons. The minimum atomic E-state index is -0.716. The smallest absolute Gasteiger partial charge is 0.237 e. The molecule has 0 saturated carbocycles. The van der Waals surface area contributed by atoms with Crippen LogP contribution in [0, 0.1) is 0 Å². The zero-order valence-electron chi connectivity index (χ0n) is 9.18. The molecule has 5 heteroatoms. The van der Waals surface area contributed by atoms with Gasteiger partial charge in [-0.25, -0.2) is 0 Å². The number of hydrogen-bond acceptors (Lipinski definition) is 2. The van der Waals surface area contributed by atoms with E-state index in [1.807, 2.05) is 12.1 Å². The van der Waals surface area contributed by atoms with Crippen LogP contribution in [0.1, 0.15) is 19.4 Å². The highest BCUT2D eigenvalue weighted by Crippen LogP contribution is 2.23. The van der Waals surface area contributed by atoms with Gasteiger partial charge in [-0.15, -0.1) is 0 Å². The predicted molar refractivity (Wildman–Crippen MR) is 69.3 cm³/mol. The third-order valence-corrected chi connectivity index (χ3v) is 3.55. The Morgan fingerprint density at radius 3 is 2.69 bits per heavy atom. The van der Waals surface area contributed by atoms with Gasteiger partial charge in [0.1, 0.15) is 0 Å². The molecular weight excluding hydrogens is 291 g/mol. The molecule has 1 amide bonds. The fraction of sp³-hybridized carbons (Fsp3) is 0.364. The molecule has 0 atom stereocenters. The van der Waals surface area contributed by atoms with Crippen molar-refractivity contribution in [3.63, 3.8) is 0 Å². The number of rotatable bonds is 4. The summed E-state index contributed by atoms with van der Waals surface area (Å²) in [6.45, 7) is 4.06. The van der Waals surface area contributed by atoms with Gasteiger partial charge in [-0.2, -0.15) is 0 Å². The number of halogens is 2. The highest BCUT2D eigenvalue weighted by atomic mass is 79.9. The summed E-state index contributed by atoms with van der Waals surface area (Å²) in [5.74, 6) is -0.375. The van der Waals surface area contributed by atoms with Crippen molar-refractivity contribution in [2.45, 2.75) is 25.9 Å². The second-order valence-corrected chi connectivity index (χ2v) is 5.35. The summed E-state index contributed by atoms with van der Waals surface area (Å²) in [6.07, 6.45) is 0. The molecule has 1 aromatic carbocycles. The number of primary amides is 1. The summed E-state index contributed by atoms with van der Waals surface area (Å²) >= 11 is 9.22. The topological polar surface area (TPSA) is 55.1 Å². The molecule has 0 aliphatic carbocycles. The first kappa shape index (κ1) is 13.5. The molecule has 0 unspecified atom stereocenters. The second-order valence-electron chi connectivity index (χ2n) is 4.09. The maximum Gasteiger partial charge on any atom is 0.237 e. The van der Waals surface area contributed by atoms with E-state index in [4.69, 9.17) is 17.3 Å². The van der Waals surface area contributed by atoms with Gasteiger partial charge in [0.15, 0.2) is 0 Å². The van der Waals surface area contributed by atoms with Crippen molar-refractivity contribution in [2.24, 2.45) is 5.73 Å². The summed E-state index contributed by atoms with van der Waals surface area (Å²) in [4.78, 5) is 11.1. The number of carbonyl (C=O) groups is 1. The molecule has 0 aromatic heterocycles. The maximum atomic E-state index is 11.1. The van der Waals surface area contributed by atoms with Crippen molar-refractivity contribution < 1.29 is 4.79 Å². The van der Waals surface area contributed by atoms with Crippen LogP contribution in [0.5, 0.6) is 0 Å². The largest absolute Gasteiger partial charge is 0.368 e. The van der Waals surface area contributed by atoms with Gasteiger partial charge in [-0.1, -0.05) is 17.7 Å². The summed E-state index contributed by atoms with van der Waals surface area (Å²) in [5.41, 5.74) is 5.57. The van der Waals surface area contributed by atoms with Crippen molar-refractivity contribution in [2.75, 3.05) is 0 Å². The molecule has 1 aromatic rings. The van der Waals surface area contributed by atoms with E-state index in [1.54, 1.807) is 19.9 Å². The standard InChI is InChI=1S/C11H14BrClN2O/c1-11(2,10(14)16)15-6-7-3-4-9(13)8(12)5-7/h3-5,15H,6H2,1-2H3,(H2,14,16).